The summed E-state index contributed by atoms with van der Waals surface area (Å²) in [5, 5.41) is 0.451. The minimum absolute atomic E-state index is 0.0374. The van der Waals surface area contributed by atoms with Crippen LogP contribution < -0.4 is 9.46 Å². The van der Waals surface area contributed by atoms with Crippen molar-refractivity contribution < 1.29 is 13.2 Å². The highest BCUT2D eigenvalue weighted by Gasteiger charge is 2.25. The van der Waals surface area contributed by atoms with Crippen LogP contribution in [-0.4, -0.2) is 21.6 Å². The lowest BCUT2D eigenvalue weighted by Gasteiger charge is -2.14. The summed E-state index contributed by atoms with van der Waals surface area (Å²) in [6.07, 6.45) is 3.94. The van der Waals surface area contributed by atoms with Gasteiger partial charge in [0.05, 0.1) is 7.11 Å². The van der Waals surface area contributed by atoms with Gasteiger partial charge >= 0.3 is 0 Å². The van der Waals surface area contributed by atoms with Crippen molar-refractivity contribution in [2.75, 3.05) is 7.11 Å². The Kier molecular flexibility index (Phi) is 4.14. The third kappa shape index (κ3) is 2.96. The van der Waals surface area contributed by atoms with E-state index in [0.717, 1.165) is 25.7 Å². The molecule has 0 saturated heterocycles. The Morgan fingerprint density at radius 2 is 2.00 bits per heavy atom. The average Bonchev–Trinajstić information content (AvgIpc) is 2.80. The summed E-state index contributed by atoms with van der Waals surface area (Å²) in [7, 11) is -2.11. The van der Waals surface area contributed by atoms with Crippen LogP contribution >= 0.6 is 11.6 Å². The number of methoxy groups -OCH3 is 1. The zero-order valence-corrected chi connectivity index (χ0v) is 11.7. The second-order valence-corrected chi connectivity index (χ2v) is 6.52. The summed E-state index contributed by atoms with van der Waals surface area (Å²) in [5.74, 6) is 0.271. The first-order valence-electron chi connectivity index (χ1n) is 5.89. The van der Waals surface area contributed by atoms with Gasteiger partial charge in [0, 0.05) is 17.1 Å². The van der Waals surface area contributed by atoms with Crippen molar-refractivity contribution in [1.82, 2.24) is 4.72 Å². The van der Waals surface area contributed by atoms with E-state index in [1.165, 1.54) is 19.2 Å². The van der Waals surface area contributed by atoms with Gasteiger partial charge in [-0.1, -0.05) is 24.4 Å². The SMILES string of the molecule is COc1cc(Cl)ccc1S(=O)(=O)NC1CCCC1. The predicted octanol–water partition coefficient (Wildman–Crippen LogP) is 2.57. The van der Waals surface area contributed by atoms with E-state index < -0.39 is 10.0 Å². The molecule has 1 saturated carbocycles. The zero-order chi connectivity index (χ0) is 13.2. The van der Waals surface area contributed by atoms with E-state index in [-0.39, 0.29) is 16.7 Å². The molecule has 1 aliphatic rings. The summed E-state index contributed by atoms with van der Waals surface area (Å²) in [6.45, 7) is 0. The first-order valence-corrected chi connectivity index (χ1v) is 7.75. The number of ether oxygens (including phenoxy) is 1. The molecule has 100 valence electrons. The van der Waals surface area contributed by atoms with Crippen LogP contribution in [0.1, 0.15) is 25.7 Å². The largest absolute Gasteiger partial charge is 0.495 e. The number of halogens is 1. The molecule has 1 fully saturated rings. The molecule has 1 N–H and O–H groups in total. The van der Waals surface area contributed by atoms with E-state index in [4.69, 9.17) is 16.3 Å². The lowest BCUT2D eigenvalue weighted by atomic mass is 10.3. The molecule has 1 aliphatic carbocycles. The summed E-state index contributed by atoms with van der Waals surface area (Å²) in [4.78, 5) is 0.140. The van der Waals surface area contributed by atoms with Crippen LogP contribution in [0.2, 0.25) is 5.02 Å². The highest BCUT2D eigenvalue weighted by Crippen LogP contribution is 2.28. The molecule has 4 nitrogen and oxygen atoms in total. The van der Waals surface area contributed by atoms with Crippen LogP contribution in [0.25, 0.3) is 0 Å². The fraction of sp³-hybridized carbons (Fsp3) is 0.500. The molecule has 0 radical (unpaired) electrons. The van der Waals surface area contributed by atoms with Crippen molar-refractivity contribution >= 4 is 21.6 Å². The van der Waals surface area contributed by atoms with Gasteiger partial charge in [0.2, 0.25) is 10.0 Å². The van der Waals surface area contributed by atoms with Crippen LogP contribution in [0.15, 0.2) is 23.1 Å². The van der Waals surface area contributed by atoms with Crippen molar-refractivity contribution in [3.63, 3.8) is 0 Å². The first-order chi connectivity index (χ1) is 8.53. The number of nitrogens with one attached hydrogen (secondary N) is 1. The molecular weight excluding hydrogens is 274 g/mol. The van der Waals surface area contributed by atoms with E-state index in [1.54, 1.807) is 6.07 Å². The fourth-order valence-electron chi connectivity index (χ4n) is 2.19. The molecule has 18 heavy (non-hydrogen) atoms. The molecule has 0 unspecified atom stereocenters. The van der Waals surface area contributed by atoms with Crippen LogP contribution in [0.4, 0.5) is 0 Å². The van der Waals surface area contributed by atoms with Gasteiger partial charge in [-0.2, -0.15) is 0 Å². The quantitative estimate of drug-likeness (QED) is 0.927. The van der Waals surface area contributed by atoms with Crippen LogP contribution in [0, 0.1) is 0 Å². The van der Waals surface area contributed by atoms with Crippen molar-refractivity contribution in [3.8, 4) is 5.75 Å². The number of hydrogen-bond acceptors (Lipinski definition) is 3. The summed E-state index contributed by atoms with van der Waals surface area (Å²) in [5.41, 5.74) is 0. The maximum Gasteiger partial charge on any atom is 0.244 e. The second kappa shape index (κ2) is 5.47. The van der Waals surface area contributed by atoms with Crippen molar-refractivity contribution in [2.24, 2.45) is 0 Å². The Morgan fingerprint density at radius 3 is 2.61 bits per heavy atom. The van der Waals surface area contributed by atoms with E-state index in [2.05, 4.69) is 4.72 Å². The number of benzene rings is 1. The standard InChI is InChI=1S/C12H16ClNO3S/c1-17-11-8-9(13)6-7-12(11)18(15,16)14-10-4-2-3-5-10/h6-8,10,14H,2-5H2,1H3. The fourth-order valence-corrected chi connectivity index (χ4v) is 3.81. The lowest BCUT2D eigenvalue weighted by molar-refractivity contribution is 0.402. The number of hydrogen-bond donors (Lipinski definition) is 1. The van der Waals surface area contributed by atoms with Crippen LogP contribution in [-0.2, 0) is 10.0 Å². The van der Waals surface area contributed by atoms with E-state index >= 15 is 0 Å². The minimum atomic E-state index is -3.54. The van der Waals surface area contributed by atoms with Crippen LogP contribution in [0.5, 0.6) is 5.75 Å². The molecule has 6 heteroatoms. The Morgan fingerprint density at radius 1 is 1.33 bits per heavy atom. The van der Waals surface area contributed by atoms with Gasteiger partial charge in [-0.25, -0.2) is 13.1 Å². The van der Waals surface area contributed by atoms with Gasteiger partial charge in [0.25, 0.3) is 0 Å². The Labute approximate surface area is 112 Å². The summed E-state index contributed by atoms with van der Waals surface area (Å²) in [6, 6.07) is 4.56. The van der Waals surface area contributed by atoms with Gasteiger partial charge < -0.3 is 4.74 Å². The van der Waals surface area contributed by atoms with Gasteiger partial charge in [0.1, 0.15) is 10.6 Å². The molecule has 0 aromatic heterocycles. The summed E-state index contributed by atoms with van der Waals surface area (Å²) < 4.78 is 32.3. The molecule has 1 aromatic carbocycles. The normalized spacial score (nSPS) is 17.0. The first kappa shape index (κ1) is 13.6. The molecule has 0 atom stereocenters. The minimum Gasteiger partial charge on any atom is -0.495 e. The van der Waals surface area contributed by atoms with Gasteiger partial charge in [0.15, 0.2) is 0 Å². The van der Waals surface area contributed by atoms with E-state index in [0.29, 0.717) is 5.02 Å². The van der Waals surface area contributed by atoms with Crippen molar-refractivity contribution in [2.45, 2.75) is 36.6 Å². The van der Waals surface area contributed by atoms with Gasteiger partial charge in [-0.15, -0.1) is 0 Å². The topological polar surface area (TPSA) is 55.4 Å². The van der Waals surface area contributed by atoms with Gasteiger partial charge in [-0.05, 0) is 25.0 Å². The molecule has 0 aliphatic heterocycles. The van der Waals surface area contributed by atoms with E-state index in [1.807, 2.05) is 0 Å². The monoisotopic (exact) mass is 289 g/mol. The molecule has 0 spiro atoms. The Hall–Kier alpha value is -0.780. The summed E-state index contributed by atoms with van der Waals surface area (Å²) >= 11 is 5.82. The Bertz CT molecular complexity index is 524. The number of sulfonamides is 1. The maximum absolute atomic E-state index is 12.2. The number of rotatable bonds is 4. The van der Waals surface area contributed by atoms with E-state index in [9.17, 15) is 8.42 Å². The smallest absolute Gasteiger partial charge is 0.244 e. The molecule has 2 rings (SSSR count). The molecule has 1 aromatic rings. The second-order valence-electron chi connectivity index (χ2n) is 4.40. The third-order valence-corrected chi connectivity index (χ3v) is 4.89. The van der Waals surface area contributed by atoms with Gasteiger partial charge in [-0.3, -0.25) is 0 Å². The van der Waals surface area contributed by atoms with Crippen molar-refractivity contribution in [1.29, 1.82) is 0 Å². The highest BCUT2D eigenvalue weighted by atomic mass is 35.5. The van der Waals surface area contributed by atoms with Crippen LogP contribution in [0.3, 0.4) is 0 Å². The predicted molar refractivity (Wildman–Crippen MR) is 70.6 cm³/mol. The molecule has 0 heterocycles. The molecule has 0 amide bonds. The zero-order valence-electron chi connectivity index (χ0n) is 10.1. The maximum atomic E-state index is 12.2. The molecular formula is C12H16ClNO3S. The third-order valence-electron chi connectivity index (χ3n) is 3.09. The van der Waals surface area contributed by atoms with Crippen molar-refractivity contribution in [3.05, 3.63) is 23.2 Å². The average molecular weight is 290 g/mol. The molecule has 0 bridgehead atoms. The highest BCUT2D eigenvalue weighted by molar-refractivity contribution is 7.89. The lowest BCUT2D eigenvalue weighted by Crippen LogP contribution is -2.32. The Balaban J connectivity index is 2.28.